The summed E-state index contributed by atoms with van der Waals surface area (Å²) in [5.74, 6) is -8.58. The molecule has 260 valence electrons. The van der Waals surface area contributed by atoms with Crippen LogP contribution in [0.1, 0.15) is 24.3 Å². The van der Waals surface area contributed by atoms with Gasteiger partial charge in [0.2, 0.25) is 17.7 Å². The van der Waals surface area contributed by atoms with E-state index in [2.05, 4.69) is 4.98 Å². The number of benzene rings is 4. The molecule has 2 saturated heterocycles. The van der Waals surface area contributed by atoms with Crippen LogP contribution in [0.3, 0.4) is 0 Å². The van der Waals surface area contributed by atoms with E-state index in [9.17, 15) is 33.1 Å². The fraction of sp³-hybridized carbons (Fsp3) is 0.205. The minimum absolute atomic E-state index is 0.0240. The molecule has 0 radical (unpaired) electrons. The molecular formula is C39H25Cl2F2N3O6. The van der Waals surface area contributed by atoms with Gasteiger partial charge in [-0.1, -0.05) is 29.8 Å². The SMILES string of the molecule is O=C1C2CC=C3C(CC4(Cl)C(=O)N(c5ccc(F)cc5)C(=O)C4(Cl)C3c3ccc(O)c(F)c3)C2C(=O)N1c1ccc(-c2nc3ccccc3o2)cc1. The second kappa shape index (κ2) is 11.3. The van der Waals surface area contributed by atoms with Crippen LogP contribution in [-0.2, 0) is 19.2 Å². The zero-order chi connectivity index (χ0) is 36.3. The summed E-state index contributed by atoms with van der Waals surface area (Å²) in [7, 11) is 0. The minimum atomic E-state index is -2.23. The third-order valence-electron chi connectivity index (χ3n) is 10.9. The van der Waals surface area contributed by atoms with Gasteiger partial charge in [-0.3, -0.25) is 24.1 Å². The standard InChI is InChI=1S/C39H25Cl2F2N3O6/c40-38-18-26-24(32(20-7-16-29(47)27(43)17-20)39(38,41)37(51)46(36(38)50)23-12-8-21(42)9-13-23)14-15-25-31(26)35(49)45(34(25)48)22-10-5-19(6-11-22)33-44-28-3-1-2-4-30(28)52-33/h1-14,16-17,25-26,31-32,47H,15,18H2. The molecule has 0 spiro atoms. The summed E-state index contributed by atoms with van der Waals surface area (Å²) in [4.78, 5) is 59.3. The number of oxazole rings is 1. The van der Waals surface area contributed by atoms with Crippen molar-refractivity contribution in [1.29, 1.82) is 0 Å². The molecule has 13 heteroatoms. The van der Waals surface area contributed by atoms with Crippen LogP contribution < -0.4 is 9.80 Å². The fourth-order valence-electron chi connectivity index (χ4n) is 8.48. The number of halogens is 4. The van der Waals surface area contributed by atoms with Gasteiger partial charge >= 0.3 is 0 Å². The van der Waals surface area contributed by atoms with Gasteiger partial charge in [0.15, 0.2) is 26.9 Å². The molecule has 4 amide bonds. The van der Waals surface area contributed by atoms with Crippen molar-refractivity contribution >= 4 is 69.3 Å². The average Bonchev–Trinajstić information content (AvgIpc) is 3.73. The number of allylic oxidation sites excluding steroid dienone is 2. The molecule has 1 aromatic heterocycles. The molecule has 4 aromatic carbocycles. The van der Waals surface area contributed by atoms with Crippen molar-refractivity contribution in [2.24, 2.45) is 17.8 Å². The summed E-state index contributed by atoms with van der Waals surface area (Å²) in [6.07, 6.45) is 1.53. The van der Waals surface area contributed by atoms with Gasteiger partial charge in [-0.05, 0) is 97.1 Å². The molecule has 5 aromatic rings. The molecular weight excluding hydrogens is 715 g/mol. The Labute approximate surface area is 304 Å². The first-order chi connectivity index (χ1) is 24.9. The molecule has 9 nitrogen and oxygen atoms in total. The number of rotatable bonds is 4. The van der Waals surface area contributed by atoms with Crippen molar-refractivity contribution in [2.75, 3.05) is 9.80 Å². The first kappa shape index (κ1) is 32.5. The summed E-state index contributed by atoms with van der Waals surface area (Å²) in [5, 5.41) is 10.0. The molecule has 0 bridgehead atoms. The summed E-state index contributed by atoms with van der Waals surface area (Å²) in [5.41, 5.74) is 2.86. The quantitative estimate of drug-likeness (QED) is 0.117. The van der Waals surface area contributed by atoms with E-state index in [4.69, 9.17) is 27.6 Å². The number of phenolic OH excluding ortho intramolecular Hbond substituents is 1. The van der Waals surface area contributed by atoms with Crippen LogP contribution >= 0.6 is 23.2 Å². The number of carbonyl (C=O) groups excluding carboxylic acids is 4. The summed E-state index contributed by atoms with van der Waals surface area (Å²) in [6, 6.07) is 22.1. The maximum atomic E-state index is 15.0. The van der Waals surface area contributed by atoms with Gasteiger partial charge in [0.05, 0.1) is 23.2 Å². The van der Waals surface area contributed by atoms with Crippen LogP contribution in [0.25, 0.3) is 22.6 Å². The zero-order valence-corrected chi connectivity index (χ0v) is 28.3. The first-order valence-electron chi connectivity index (χ1n) is 16.5. The molecule has 3 heterocycles. The van der Waals surface area contributed by atoms with Gasteiger partial charge in [0, 0.05) is 11.5 Å². The van der Waals surface area contributed by atoms with E-state index < -0.39 is 74.4 Å². The molecule has 4 aliphatic rings. The number of phenols is 1. The van der Waals surface area contributed by atoms with E-state index in [0.29, 0.717) is 33.8 Å². The van der Waals surface area contributed by atoms with E-state index in [1.54, 1.807) is 36.4 Å². The number of fused-ring (bicyclic) bond motifs is 5. The molecule has 2 aliphatic heterocycles. The van der Waals surface area contributed by atoms with Crippen molar-refractivity contribution in [3.05, 3.63) is 120 Å². The predicted molar refractivity (Wildman–Crippen MR) is 187 cm³/mol. The van der Waals surface area contributed by atoms with Crippen molar-refractivity contribution in [1.82, 2.24) is 4.98 Å². The number of hydrogen-bond acceptors (Lipinski definition) is 7. The number of hydrogen-bond donors (Lipinski definition) is 1. The van der Waals surface area contributed by atoms with Crippen LogP contribution in [0.5, 0.6) is 5.75 Å². The predicted octanol–water partition coefficient (Wildman–Crippen LogP) is 7.25. The van der Waals surface area contributed by atoms with Gasteiger partial charge in [0.1, 0.15) is 11.3 Å². The van der Waals surface area contributed by atoms with Gasteiger partial charge in [-0.25, -0.2) is 18.7 Å². The van der Waals surface area contributed by atoms with E-state index in [0.717, 1.165) is 34.1 Å². The first-order valence-corrected chi connectivity index (χ1v) is 17.2. The smallest absolute Gasteiger partial charge is 0.258 e. The van der Waals surface area contributed by atoms with Crippen LogP contribution in [-0.4, -0.2) is 43.5 Å². The summed E-state index contributed by atoms with van der Waals surface area (Å²) >= 11 is 14.6. The third-order valence-corrected chi connectivity index (χ3v) is 12.3. The third kappa shape index (κ3) is 4.35. The molecule has 52 heavy (non-hydrogen) atoms. The Morgan fingerprint density at radius 2 is 1.50 bits per heavy atom. The van der Waals surface area contributed by atoms with Crippen molar-refractivity contribution in [3.8, 4) is 17.2 Å². The molecule has 9 rings (SSSR count). The number of imide groups is 2. The van der Waals surface area contributed by atoms with Crippen molar-refractivity contribution in [2.45, 2.75) is 28.5 Å². The fourth-order valence-corrected chi connectivity index (χ4v) is 9.41. The average molecular weight is 741 g/mol. The summed E-state index contributed by atoms with van der Waals surface area (Å²) in [6.45, 7) is 0. The normalized spacial score (nSPS) is 28.3. The number of aromatic nitrogens is 1. The summed E-state index contributed by atoms with van der Waals surface area (Å²) < 4.78 is 34.7. The topological polar surface area (TPSA) is 121 Å². The Morgan fingerprint density at radius 3 is 2.21 bits per heavy atom. The Kier molecular flexibility index (Phi) is 7.07. The van der Waals surface area contributed by atoms with Crippen LogP contribution in [0.4, 0.5) is 20.2 Å². The number of amides is 4. The van der Waals surface area contributed by atoms with Gasteiger partial charge in [0.25, 0.3) is 11.8 Å². The van der Waals surface area contributed by atoms with Crippen molar-refractivity contribution < 1.29 is 37.5 Å². The lowest BCUT2D eigenvalue weighted by Gasteiger charge is -2.50. The highest BCUT2D eigenvalue weighted by molar-refractivity contribution is 6.58. The highest BCUT2D eigenvalue weighted by Gasteiger charge is 2.76. The highest BCUT2D eigenvalue weighted by Crippen LogP contribution is 2.66. The maximum absolute atomic E-state index is 15.0. The largest absolute Gasteiger partial charge is 0.505 e. The Morgan fingerprint density at radius 1 is 0.808 bits per heavy atom. The van der Waals surface area contributed by atoms with Crippen LogP contribution in [0.2, 0.25) is 0 Å². The number of alkyl halides is 2. The van der Waals surface area contributed by atoms with Crippen molar-refractivity contribution in [3.63, 3.8) is 0 Å². The molecule has 2 aliphatic carbocycles. The highest BCUT2D eigenvalue weighted by atomic mass is 35.5. The lowest BCUT2D eigenvalue weighted by molar-refractivity contribution is -0.125. The Hall–Kier alpha value is -5.39. The second-order valence-corrected chi connectivity index (χ2v) is 14.7. The number of nitrogens with zero attached hydrogens (tertiary/aromatic N) is 3. The van der Waals surface area contributed by atoms with E-state index in [1.807, 2.05) is 18.2 Å². The Balaban J connectivity index is 1.12. The van der Waals surface area contributed by atoms with Gasteiger partial charge in [-0.2, -0.15) is 0 Å². The lowest BCUT2D eigenvalue weighted by atomic mass is 9.56. The molecule has 6 atom stereocenters. The number of para-hydroxylation sites is 2. The van der Waals surface area contributed by atoms with E-state index in [-0.39, 0.29) is 24.1 Å². The van der Waals surface area contributed by atoms with Gasteiger partial charge in [-0.15, -0.1) is 23.2 Å². The number of carbonyl (C=O) groups is 4. The molecule has 1 N–H and O–H groups in total. The van der Waals surface area contributed by atoms with Crippen LogP contribution in [0, 0.1) is 29.4 Å². The second-order valence-electron chi connectivity index (χ2n) is 13.5. The van der Waals surface area contributed by atoms with E-state index in [1.165, 1.54) is 18.2 Å². The molecule has 3 fully saturated rings. The van der Waals surface area contributed by atoms with E-state index >= 15 is 0 Å². The minimum Gasteiger partial charge on any atom is -0.505 e. The molecule has 1 saturated carbocycles. The monoisotopic (exact) mass is 739 g/mol. The van der Waals surface area contributed by atoms with Crippen LogP contribution in [0.15, 0.2) is 107 Å². The zero-order valence-electron chi connectivity index (χ0n) is 26.8. The van der Waals surface area contributed by atoms with Gasteiger partial charge < -0.3 is 9.52 Å². The number of anilines is 2. The number of aromatic hydroxyl groups is 1. The lowest BCUT2D eigenvalue weighted by Crippen LogP contribution is -2.60. The maximum Gasteiger partial charge on any atom is 0.258 e. The Bertz CT molecular complexity index is 2380. The molecule has 6 unspecified atom stereocenters.